The Morgan fingerprint density at radius 3 is 2.43 bits per heavy atom. The van der Waals surface area contributed by atoms with E-state index < -0.39 is 0 Å². The van der Waals surface area contributed by atoms with Gasteiger partial charge in [-0.05, 0) is 45.8 Å². The first-order valence-corrected chi connectivity index (χ1v) is 8.68. The molecule has 108 valence electrons. The minimum atomic E-state index is -0.298. The predicted octanol–water partition coefficient (Wildman–Crippen LogP) is 4.28. The van der Waals surface area contributed by atoms with Crippen molar-refractivity contribution in [3.8, 4) is 0 Å². The highest BCUT2D eigenvalue weighted by molar-refractivity contribution is 9.11. The van der Waals surface area contributed by atoms with Crippen LogP contribution in [0, 0.1) is 0 Å². The van der Waals surface area contributed by atoms with Gasteiger partial charge in [0, 0.05) is 4.88 Å². The molecular weight excluding hydrogens is 420 g/mol. The predicted molar refractivity (Wildman–Crippen MR) is 91.1 cm³/mol. The van der Waals surface area contributed by atoms with Crippen molar-refractivity contribution in [2.45, 2.75) is 11.2 Å². The number of halogens is 2. The van der Waals surface area contributed by atoms with Gasteiger partial charge in [0.05, 0.1) is 20.0 Å². The molecule has 1 aromatic heterocycles. The van der Waals surface area contributed by atoms with Crippen LogP contribution in [0.1, 0.15) is 21.7 Å². The molecule has 0 spiro atoms. The van der Waals surface area contributed by atoms with Gasteiger partial charge in [-0.15, -0.1) is 11.3 Å². The molecule has 3 rings (SSSR count). The highest BCUT2D eigenvalue weighted by atomic mass is 79.9. The number of amides is 2. The Balaban J connectivity index is 1.95. The SMILES string of the molecule is O=C1CC(=O)Nc2cc(C(Br)c3ccc(Br)s3)ccc2N1. The third kappa shape index (κ3) is 3.20. The third-order valence-corrected chi connectivity index (χ3v) is 6.06. The molecule has 2 N–H and O–H groups in total. The Bertz CT molecular complexity index is 730. The van der Waals surface area contributed by atoms with E-state index in [1.807, 2.05) is 30.3 Å². The van der Waals surface area contributed by atoms with E-state index in [1.165, 1.54) is 0 Å². The summed E-state index contributed by atoms with van der Waals surface area (Å²) in [4.78, 5) is 24.3. The lowest BCUT2D eigenvalue weighted by Crippen LogP contribution is -2.16. The molecular formula is C14H10Br2N2O2S. The van der Waals surface area contributed by atoms with E-state index in [1.54, 1.807) is 11.3 Å². The minimum absolute atomic E-state index is 0.0370. The second-order valence-electron chi connectivity index (χ2n) is 4.58. The van der Waals surface area contributed by atoms with Crippen LogP contribution in [0.3, 0.4) is 0 Å². The number of alkyl halides is 1. The van der Waals surface area contributed by atoms with Crippen LogP contribution in [0.5, 0.6) is 0 Å². The molecule has 0 fully saturated rings. The summed E-state index contributed by atoms with van der Waals surface area (Å²) in [6.45, 7) is 0. The fourth-order valence-corrected chi connectivity index (χ4v) is 4.24. The molecule has 0 bridgehead atoms. The smallest absolute Gasteiger partial charge is 0.233 e. The van der Waals surface area contributed by atoms with Gasteiger partial charge in [0.1, 0.15) is 6.42 Å². The van der Waals surface area contributed by atoms with Gasteiger partial charge in [0.15, 0.2) is 0 Å². The second kappa shape index (κ2) is 5.90. The van der Waals surface area contributed by atoms with E-state index in [2.05, 4.69) is 42.5 Å². The lowest BCUT2D eigenvalue weighted by molar-refractivity contribution is -0.123. The zero-order valence-corrected chi connectivity index (χ0v) is 14.6. The van der Waals surface area contributed by atoms with E-state index in [4.69, 9.17) is 0 Å². The van der Waals surface area contributed by atoms with Gasteiger partial charge in [-0.2, -0.15) is 0 Å². The normalized spacial score (nSPS) is 15.7. The van der Waals surface area contributed by atoms with Gasteiger partial charge in [-0.3, -0.25) is 9.59 Å². The molecule has 1 atom stereocenters. The summed E-state index contributed by atoms with van der Waals surface area (Å²) in [5.41, 5.74) is 2.27. The highest BCUT2D eigenvalue weighted by Gasteiger charge is 2.20. The van der Waals surface area contributed by atoms with Crippen LogP contribution >= 0.6 is 43.2 Å². The van der Waals surface area contributed by atoms with Crippen LogP contribution < -0.4 is 10.6 Å². The van der Waals surface area contributed by atoms with Crippen molar-refractivity contribution in [1.29, 1.82) is 0 Å². The zero-order valence-electron chi connectivity index (χ0n) is 10.7. The summed E-state index contributed by atoms with van der Waals surface area (Å²) in [7, 11) is 0. The number of fused-ring (bicyclic) bond motifs is 1. The third-order valence-electron chi connectivity index (χ3n) is 3.05. The Morgan fingerprint density at radius 1 is 1.05 bits per heavy atom. The standard InChI is InChI=1S/C14H10Br2N2O2S/c15-11-4-3-10(21-11)14(16)7-1-2-8-9(5-7)18-13(20)6-12(19)17-8/h1-5,14H,6H2,(H,17,19)(H,18,20). The molecule has 1 unspecified atom stereocenters. The first-order chi connectivity index (χ1) is 10.0. The van der Waals surface area contributed by atoms with E-state index in [0.29, 0.717) is 11.4 Å². The number of carbonyl (C=O) groups excluding carboxylic acids is 2. The maximum Gasteiger partial charge on any atom is 0.233 e. The molecule has 2 aromatic rings. The Labute approximate surface area is 142 Å². The van der Waals surface area contributed by atoms with Crippen LogP contribution in [-0.4, -0.2) is 11.8 Å². The van der Waals surface area contributed by atoms with Crippen molar-refractivity contribution in [1.82, 2.24) is 0 Å². The number of hydrogen-bond acceptors (Lipinski definition) is 3. The van der Waals surface area contributed by atoms with Crippen LogP contribution in [0.15, 0.2) is 34.1 Å². The van der Waals surface area contributed by atoms with Crippen LogP contribution in [0.2, 0.25) is 0 Å². The summed E-state index contributed by atoms with van der Waals surface area (Å²) in [6, 6.07) is 9.67. The first kappa shape index (κ1) is 14.7. The molecule has 2 amide bonds. The van der Waals surface area contributed by atoms with E-state index >= 15 is 0 Å². The van der Waals surface area contributed by atoms with Crippen molar-refractivity contribution in [2.24, 2.45) is 0 Å². The molecule has 1 aliphatic heterocycles. The molecule has 1 aromatic carbocycles. The molecule has 0 aliphatic carbocycles. The number of thiophene rings is 1. The van der Waals surface area contributed by atoms with Crippen molar-refractivity contribution in [2.75, 3.05) is 10.6 Å². The molecule has 4 nitrogen and oxygen atoms in total. The molecule has 0 radical (unpaired) electrons. The zero-order chi connectivity index (χ0) is 15.0. The number of hydrogen-bond donors (Lipinski definition) is 2. The first-order valence-electron chi connectivity index (χ1n) is 6.16. The quantitative estimate of drug-likeness (QED) is 0.553. The fourth-order valence-electron chi connectivity index (χ4n) is 2.10. The van der Waals surface area contributed by atoms with Crippen molar-refractivity contribution < 1.29 is 9.59 Å². The maximum atomic E-state index is 11.6. The number of carbonyl (C=O) groups is 2. The topological polar surface area (TPSA) is 58.2 Å². The van der Waals surface area contributed by atoms with Gasteiger partial charge in [-0.25, -0.2) is 0 Å². The number of benzene rings is 1. The number of nitrogens with one attached hydrogen (secondary N) is 2. The largest absolute Gasteiger partial charge is 0.324 e. The highest BCUT2D eigenvalue weighted by Crippen LogP contribution is 2.39. The minimum Gasteiger partial charge on any atom is -0.324 e. The van der Waals surface area contributed by atoms with Crippen LogP contribution in [-0.2, 0) is 9.59 Å². The van der Waals surface area contributed by atoms with Gasteiger partial charge in [-0.1, -0.05) is 22.0 Å². The van der Waals surface area contributed by atoms with E-state index in [-0.39, 0.29) is 23.1 Å². The summed E-state index contributed by atoms with van der Waals surface area (Å²) < 4.78 is 1.07. The van der Waals surface area contributed by atoms with E-state index in [9.17, 15) is 9.59 Å². The Hall–Kier alpha value is -1.18. The van der Waals surface area contributed by atoms with Gasteiger partial charge < -0.3 is 10.6 Å². The molecule has 0 saturated heterocycles. The summed E-state index contributed by atoms with van der Waals surface area (Å²) in [6.07, 6.45) is -0.153. The molecule has 0 saturated carbocycles. The second-order valence-corrected chi connectivity index (χ2v) is 7.99. The van der Waals surface area contributed by atoms with Crippen LogP contribution in [0.25, 0.3) is 0 Å². The average molecular weight is 430 g/mol. The lowest BCUT2D eigenvalue weighted by atomic mass is 10.1. The number of rotatable bonds is 2. The van der Waals surface area contributed by atoms with Crippen LogP contribution in [0.4, 0.5) is 11.4 Å². The number of anilines is 2. The molecule has 1 aliphatic rings. The molecule has 21 heavy (non-hydrogen) atoms. The summed E-state index contributed by atoms with van der Waals surface area (Å²) in [5, 5.41) is 5.48. The van der Waals surface area contributed by atoms with Gasteiger partial charge in [0.25, 0.3) is 0 Å². The molecule has 7 heteroatoms. The van der Waals surface area contributed by atoms with Crippen molar-refractivity contribution in [3.63, 3.8) is 0 Å². The summed E-state index contributed by atoms with van der Waals surface area (Å²) >= 11 is 8.77. The van der Waals surface area contributed by atoms with Gasteiger partial charge in [0.2, 0.25) is 11.8 Å². The Kier molecular flexibility index (Phi) is 4.14. The maximum absolute atomic E-state index is 11.6. The monoisotopic (exact) mass is 428 g/mol. The van der Waals surface area contributed by atoms with Crippen molar-refractivity contribution >= 4 is 66.4 Å². The van der Waals surface area contributed by atoms with E-state index in [0.717, 1.165) is 14.2 Å². The summed E-state index contributed by atoms with van der Waals surface area (Å²) in [5.74, 6) is -0.593. The lowest BCUT2D eigenvalue weighted by Gasteiger charge is -2.13. The Morgan fingerprint density at radius 2 is 1.76 bits per heavy atom. The molecule has 2 heterocycles. The van der Waals surface area contributed by atoms with Gasteiger partial charge >= 0.3 is 0 Å². The average Bonchev–Trinajstić information content (AvgIpc) is 2.79. The fraction of sp³-hybridized carbons (Fsp3) is 0.143. The van der Waals surface area contributed by atoms with Crippen molar-refractivity contribution in [3.05, 3.63) is 44.6 Å².